The van der Waals surface area contributed by atoms with E-state index in [0.717, 1.165) is 9.79 Å². The number of hydrogen-bond donors (Lipinski definition) is 1. The second-order valence-corrected chi connectivity index (χ2v) is 7.68. The van der Waals surface area contributed by atoms with E-state index in [1.807, 2.05) is 36.4 Å². The third kappa shape index (κ3) is 4.08. The lowest BCUT2D eigenvalue weighted by Gasteiger charge is -2.21. The van der Waals surface area contributed by atoms with Gasteiger partial charge in [-0.3, -0.25) is 14.9 Å². The molecule has 1 aliphatic heterocycles. The molecule has 0 fully saturated rings. The van der Waals surface area contributed by atoms with Crippen LogP contribution in [0.2, 0.25) is 0 Å². The number of nitrogens with zero attached hydrogens (tertiary/aromatic N) is 1. The van der Waals surface area contributed by atoms with Crippen molar-refractivity contribution in [2.24, 2.45) is 0 Å². The third-order valence-corrected chi connectivity index (χ3v) is 5.68. The molecule has 3 aromatic carbocycles. The summed E-state index contributed by atoms with van der Waals surface area (Å²) in [5.41, 5.74) is 1.01. The van der Waals surface area contributed by atoms with Crippen molar-refractivity contribution in [3.05, 3.63) is 81.9 Å². The number of hydrogen-bond acceptors (Lipinski definition) is 6. The van der Waals surface area contributed by atoms with Crippen molar-refractivity contribution < 1.29 is 19.2 Å². The molecule has 3 aromatic rings. The number of amides is 1. The van der Waals surface area contributed by atoms with Gasteiger partial charge in [0.25, 0.3) is 11.6 Å². The minimum absolute atomic E-state index is 0.0938. The van der Waals surface area contributed by atoms with Gasteiger partial charge in [0.15, 0.2) is 11.5 Å². The molecule has 0 spiro atoms. The molecule has 152 valence electrons. The van der Waals surface area contributed by atoms with E-state index in [9.17, 15) is 14.9 Å². The Morgan fingerprint density at radius 2 is 1.73 bits per heavy atom. The van der Waals surface area contributed by atoms with Crippen molar-refractivity contribution in [2.45, 2.75) is 16.7 Å². The van der Waals surface area contributed by atoms with Gasteiger partial charge in [0.1, 0.15) is 13.2 Å². The number of nitro benzene ring substituents is 1. The fourth-order valence-electron chi connectivity index (χ4n) is 3.12. The minimum Gasteiger partial charge on any atom is -0.486 e. The molecule has 1 heterocycles. The summed E-state index contributed by atoms with van der Waals surface area (Å²) in [6.07, 6.45) is 0. The minimum atomic E-state index is -0.493. The van der Waals surface area contributed by atoms with Crippen LogP contribution in [-0.2, 0) is 0 Å². The number of benzene rings is 3. The number of rotatable bonds is 5. The largest absolute Gasteiger partial charge is 0.486 e. The summed E-state index contributed by atoms with van der Waals surface area (Å²) in [5, 5.41) is 14.1. The molecular weight excluding hydrogens is 404 g/mol. The van der Waals surface area contributed by atoms with Gasteiger partial charge in [0.2, 0.25) is 0 Å². The first-order valence-electron chi connectivity index (χ1n) is 9.25. The van der Waals surface area contributed by atoms with Crippen molar-refractivity contribution in [1.29, 1.82) is 0 Å². The summed E-state index contributed by atoms with van der Waals surface area (Å²) in [5.74, 6) is 0.733. The molecule has 0 atom stereocenters. The van der Waals surface area contributed by atoms with Crippen molar-refractivity contribution >= 4 is 29.0 Å². The van der Waals surface area contributed by atoms with Crippen molar-refractivity contribution in [2.75, 3.05) is 18.5 Å². The Hall–Kier alpha value is -3.52. The molecule has 0 unspecified atom stereocenters. The Labute approximate surface area is 177 Å². The Kier molecular flexibility index (Phi) is 5.58. The van der Waals surface area contributed by atoms with E-state index in [2.05, 4.69) is 5.32 Å². The van der Waals surface area contributed by atoms with Gasteiger partial charge in [-0.2, -0.15) is 0 Å². The van der Waals surface area contributed by atoms with Gasteiger partial charge < -0.3 is 14.8 Å². The highest BCUT2D eigenvalue weighted by Crippen LogP contribution is 2.42. The first-order chi connectivity index (χ1) is 14.5. The molecule has 4 rings (SSSR count). The zero-order chi connectivity index (χ0) is 21.1. The molecule has 0 saturated carbocycles. The summed E-state index contributed by atoms with van der Waals surface area (Å²) in [6, 6.07) is 17.8. The molecule has 1 amide bonds. The number of anilines is 1. The molecular formula is C22H18N2O5S. The SMILES string of the molecule is Cc1c(C(=O)Nc2cc3c(cc2Sc2ccccc2)OCCO3)cccc1[N+](=O)[O-]. The van der Waals surface area contributed by atoms with Gasteiger partial charge >= 0.3 is 0 Å². The highest BCUT2D eigenvalue weighted by atomic mass is 32.2. The molecule has 0 saturated heterocycles. The molecule has 30 heavy (non-hydrogen) atoms. The lowest BCUT2D eigenvalue weighted by molar-refractivity contribution is -0.385. The highest BCUT2D eigenvalue weighted by molar-refractivity contribution is 7.99. The van der Waals surface area contributed by atoms with Crippen LogP contribution in [-0.4, -0.2) is 24.0 Å². The number of carbonyl (C=O) groups is 1. The van der Waals surface area contributed by atoms with E-state index in [-0.39, 0.29) is 11.3 Å². The van der Waals surface area contributed by atoms with E-state index in [0.29, 0.717) is 36.0 Å². The molecule has 1 N–H and O–H groups in total. The zero-order valence-corrected chi connectivity index (χ0v) is 16.9. The smallest absolute Gasteiger partial charge is 0.273 e. The first-order valence-corrected chi connectivity index (χ1v) is 10.1. The van der Waals surface area contributed by atoms with E-state index in [1.54, 1.807) is 19.1 Å². The topological polar surface area (TPSA) is 90.7 Å². The monoisotopic (exact) mass is 422 g/mol. The number of nitro groups is 1. The first kappa shape index (κ1) is 19.8. The Morgan fingerprint density at radius 3 is 2.43 bits per heavy atom. The van der Waals surface area contributed by atoms with Gasteiger partial charge in [-0.05, 0) is 25.1 Å². The van der Waals surface area contributed by atoms with Crippen LogP contribution in [0, 0.1) is 17.0 Å². The van der Waals surface area contributed by atoms with Crippen LogP contribution in [0.1, 0.15) is 15.9 Å². The highest BCUT2D eigenvalue weighted by Gasteiger charge is 2.21. The maximum Gasteiger partial charge on any atom is 0.273 e. The Bertz CT molecular complexity index is 1120. The van der Waals surface area contributed by atoms with Gasteiger partial charge in [0.05, 0.1) is 10.6 Å². The van der Waals surface area contributed by atoms with Gasteiger partial charge in [-0.1, -0.05) is 36.0 Å². The predicted molar refractivity (Wildman–Crippen MR) is 114 cm³/mol. The summed E-state index contributed by atoms with van der Waals surface area (Å²) < 4.78 is 11.3. The number of nitrogens with one attached hydrogen (secondary N) is 1. The van der Waals surface area contributed by atoms with E-state index >= 15 is 0 Å². The molecule has 0 aliphatic carbocycles. The molecule has 1 aliphatic rings. The summed E-state index contributed by atoms with van der Waals surface area (Å²) in [4.78, 5) is 25.5. The lowest BCUT2D eigenvalue weighted by Crippen LogP contribution is -2.17. The van der Waals surface area contributed by atoms with Crippen LogP contribution < -0.4 is 14.8 Å². The van der Waals surface area contributed by atoms with Crippen LogP contribution in [0.4, 0.5) is 11.4 Å². The van der Waals surface area contributed by atoms with Crippen LogP contribution >= 0.6 is 11.8 Å². The molecule has 7 nitrogen and oxygen atoms in total. The molecule has 0 aromatic heterocycles. The van der Waals surface area contributed by atoms with E-state index < -0.39 is 10.8 Å². The predicted octanol–water partition coefficient (Wildman–Crippen LogP) is 5.08. The zero-order valence-electron chi connectivity index (χ0n) is 16.1. The van der Waals surface area contributed by atoms with E-state index in [1.165, 1.54) is 23.9 Å². The average molecular weight is 422 g/mol. The van der Waals surface area contributed by atoms with E-state index in [4.69, 9.17) is 9.47 Å². The Balaban J connectivity index is 1.70. The molecule has 0 bridgehead atoms. The van der Waals surface area contributed by atoms with Gasteiger partial charge in [0, 0.05) is 39.1 Å². The lowest BCUT2D eigenvalue weighted by atomic mass is 10.1. The quantitative estimate of drug-likeness (QED) is 0.456. The normalized spacial score (nSPS) is 12.3. The second kappa shape index (κ2) is 8.46. The third-order valence-electron chi connectivity index (χ3n) is 4.61. The fourth-order valence-corrected chi connectivity index (χ4v) is 4.06. The van der Waals surface area contributed by atoms with Gasteiger partial charge in [-0.15, -0.1) is 0 Å². The number of fused-ring (bicyclic) bond motifs is 1. The van der Waals surface area contributed by atoms with Crippen molar-refractivity contribution in [3.63, 3.8) is 0 Å². The van der Waals surface area contributed by atoms with Crippen LogP contribution in [0.3, 0.4) is 0 Å². The standard InChI is InChI=1S/C22H18N2O5S/c1-14-16(8-5-9-18(14)24(26)27)22(25)23-17-12-19-20(29-11-10-28-19)13-21(17)30-15-6-3-2-4-7-15/h2-9,12-13H,10-11H2,1H3,(H,23,25). The maximum absolute atomic E-state index is 13.0. The maximum atomic E-state index is 13.0. The fraction of sp³-hybridized carbons (Fsp3) is 0.136. The second-order valence-electron chi connectivity index (χ2n) is 6.57. The Morgan fingerprint density at radius 1 is 1.03 bits per heavy atom. The number of ether oxygens (including phenoxy) is 2. The summed E-state index contributed by atoms with van der Waals surface area (Å²) in [6.45, 7) is 2.45. The van der Waals surface area contributed by atoms with Gasteiger partial charge in [-0.25, -0.2) is 0 Å². The van der Waals surface area contributed by atoms with Crippen molar-refractivity contribution in [1.82, 2.24) is 0 Å². The van der Waals surface area contributed by atoms with Crippen LogP contribution in [0.25, 0.3) is 0 Å². The summed E-state index contributed by atoms with van der Waals surface area (Å²) >= 11 is 1.48. The van der Waals surface area contributed by atoms with Crippen LogP contribution in [0.15, 0.2) is 70.5 Å². The molecule has 8 heteroatoms. The average Bonchev–Trinajstić information content (AvgIpc) is 2.74. The molecule has 0 radical (unpaired) electrons. The van der Waals surface area contributed by atoms with Crippen molar-refractivity contribution in [3.8, 4) is 11.5 Å². The summed E-state index contributed by atoms with van der Waals surface area (Å²) in [7, 11) is 0. The van der Waals surface area contributed by atoms with Crippen LogP contribution in [0.5, 0.6) is 11.5 Å². The number of carbonyl (C=O) groups excluding carboxylic acids is 1.